The van der Waals surface area contributed by atoms with Gasteiger partial charge in [-0.25, -0.2) is 0 Å². The summed E-state index contributed by atoms with van der Waals surface area (Å²) in [6, 6.07) is 13.9. The first kappa shape index (κ1) is 14.6. The molecule has 20 heavy (non-hydrogen) atoms. The Hall–Kier alpha value is -1.82. The van der Waals surface area contributed by atoms with Crippen LogP contribution in [-0.2, 0) is 0 Å². The van der Waals surface area contributed by atoms with Gasteiger partial charge < -0.3 is 0 Å². The Bertz CT molecular complexity index is 666. The molecule has 0 amide bonds. The van der Waals surface area contributed by atoms with Gasteiger partial charge in [0.2, 0.25) is 0 Å². The van der Waals surface area contributed by atoms with Crippen LogP contribution in [0.4, 0.5) is 0 Å². The van der Waals surface area contributed by atoms with Gasteiger partial charge in [0.05, 0.1) is 6.07 Å². The second-order valence-electron chi connectivity index (χ2n) is 4.50. The summed E-state index contributed by atoms with van der Waals surface area (Å²) >= 11 is 11.8. The highest BCUT2D eigenvalue weighted by molar-refractivity contribution is 6.35. The second kappa shape index (κ2) is 6.09. The molecule has 0 saturated heterocycles. The lowest BCUT2D eigenvalue weighted by Crippen LogP contribution is -2.11. The van der Waals surface area contributed by atoms with Gasteiger partial charge in [-0.3, -0.25) is 4.79 Å². The standard InChI is InChI=1S/C16H11Cl2NO/c1-10-2-4-11(5-3-10)15(9-19)16(20)12-6-13(17)8-14(18)7-12/h2-8,15H,1H3. The molecule has 2 rings (SSSR count). The Morgan fingerprint density at radius 1 is 1.10 bits per heavy atom. The number of hydrogen-bond acceptors (Lipinski definition) is 2. The lowest BCUT2D eigenvalue weighted by atomic mass is 9.91. The van der Waals surface area contributed by atoms with Crippen molar-refractivity contribution in [2.24, 2.45) is 0 Å². The first-order valence-corrected chi connectivity index (χ1v) is 6.73. The van der Waals surface area contributed by atoms with E-state index in [2.05, 4.69) is 0 Å². The minimum atomic E-state index is -0.856. The summed E-state index contributed by atoms with van der Waals surface area (Å²) in [4.78, 5) is 12.4. The number of nitrogens with zero attached hydrogens (tertiary/aromatic N) is 1. The molecular formula is C16H11Cl2NO. The van der Waals surface area contributed by atoms with Gasteiger partial charge in [0.1, 0.15) is 5.92 Å². The Morgan fingerprint density at radius 2 is 1.65 bits per heavy atom. The number of halogens is 2. The Balaban J connectivity index is 2.39. The molecule has 0 spiro atoms. The molecule has 2 aromatic carbocycles. The molecule has 0 aromatic heterocycles. The predicted molar refractivity (Wildman–Crippen MR) is 80.3 cm³/mol. The first-order chi connectivity index (χ1) is 9.51. The molecule has 0 fully saturated rings. The lowest BCUT2D eigenvalue weighted by molar-refractivity contribution is 0.0979. The van der Waals surface area contributed by atoms with Crippen molar-refractivity contribution in [1.29, 1.82) is 5.26 Å². The van der Waals surface area contributed by atoms with Crippen molar-refractivity contribution < 1.29 is 4.79 Å². The van der Waals surface area contributed by atoms with Gasteiger partial charge in [-0.2, -0.15) is 5.26 Å². The van der Waals surface area contributed by atoms with E-state index in [0.717, 1.165) is 5.56 Å². The third-order valence-electron chi connectivity index (χ3n) is 2.95. The molecule has 2 aromatic rings. The van der Waals surface area contributed by atoms with E-state index in [1.54, 1.807) is 18.2 Å². The van der Waals surface area contributed by atoms with Gasteiger partial charge in [-0.15, -0.1) is 0 Å². The number of carbonyl (C=O) groups excluding carboxylic acids is 1. The van der Waals surface area contributed by atoms with Gasteiger partial charge in [0, 0.05) is 15.6 Å². The van der Waals surface area contributed by atoms with Crippen LogP contribution in [0.3, 0.4) is 0 Å². The monoisotopic (exact) mass is 303 g/mol. The molecule has 0 heterocycles. The number of nitriles is 1. The SMILES string of the molecule is Cc1ccc(C(C#N)C(=O)c2cc(Cl)cc(Cl)c2)cc1. The molecule has 0 aliphatic heterocycles. The van der Waals surface area contributed by atoms with Crippen LogP contribution in [0.25, 0.3) is 0 Å². The molecule has 2 nitrogen and oxygen atoms in total. The summed E-state index contributed by atoms with van der Waals surface area (Å²) in [6.07, 6.45) is 0. The van der Waals surface area contributed by atoms with E-state index in [0.29, 0.717) is 21.2 Å². The first-order valence-electron chi connectivity index (χ1n) is 5.98. The minimum absolute atomic E-state index is 0.305. The van der Waals surface area contributed by atoms with Crippen LogP contribution < -0.4 is 0 Å². The number of ketones is 1. The van der Waals surface area contributed by atoms with Gasteiger partial charge in [0.15, 0.2) is 5.78 Å². The fourth-order valence-electron chi connectivity index (χ4n) is 1.91. The normalized spacial score (nSPS) is 11.7. The summed E-state index contributed by atoms with van der Waals surface area (Å²) in [5, 5.41) is 10.0. The van der Waals surface area contributed by atoms with Crippen LogP contribution in [0, 0.1) is 18.3 Å². The van der Waals surface area contributed by atoms with Gasteiger partial charge in [-0.05, 0) is 30.7 Å². The van der Waals surface area contributed by atoms with E-state index in [4.69, 9.17) is 23.2 Å². The molecule has 4 heteroatoms. The summed E-state index contributed by atoms with van der Waals surface area (Å²) < 4.78 is 0. The summed E-state index contributed by atoms with van der Waals surface area (Å²) in [6.45, 7) is 1.95. The van der Waals surface area contributed by atoms with Crippen molar-refractivity contribution in [3.8, 4) is 6.07 Å². The van der Waals surface area contributed by atoms with Crippen molar-refractivity contribution >= 4 is 29.0 Å². The molecule has 0 radical (unpaired) electrons. The highest BCUT2D eigenvalue weighted by atomic mass is 35.5. The zero-order valence-corrected chi connectivity index (χ0v) is 12.2. The van der Waals surface area contributed by atoms with E-state index in [9.17, 15) is 10.1 Å². The van der Waals surface area contributed by atoms with Crippen LogP contribution >= 0.6 is 23.2 Å². The highest BCUT2D eigenvalue weighted by Crippen LogP contribution is 2.25. The van der Waals surface area contributed by atoms with Crippen LogP contribution in [0.2, 0.25) is 10.0 Å². The second-order valence-corrected chi connectivity index (χ2v) is 5.37. The van der Waals surface area contributed by atoms with Crippen molar-refractivity contribution in [1.82, 2.24) is 0 Å². The molecule has 0 aliphatic carbocycles. The quantitative estimate of drug-likeness (QED) is 0.765. The van der Waals surface area contributed by atoms with Gasteiger partial charge in [-0.1, -0.05) is 53.0 Å². The third kappa shape index (κ3) is 3.19. The minimum Gasteiger partial charge on any atom is -0.292 e. The Labute approximate surface area is 127 Å². The van der Waals surface area contributed by atoms with Gasteiger partial charge in [0.25, 0.3) is 0 Å². The molecule has 0 N–H and O–H groups in total. The number of aryl methyl sites for hydroxylation is 1. The van der Waals surface area contributed by atoms with Gasteiger partial charge >= 0.3 is 0 Å². The number of rotatable bonds is 3. The molecule has 0 aliphatic rings. The van der Waals surface area contributed by atoms with Crippen molar-refractivity contribution in [2.75, 3.05) is 0 Å². The number of benzene rings is 2. The molecule has 1 unspecified atom stereocenters. The zero-order valence-electron chi connectivity index (χ0n) is 10.7. The zero-order chi connectivity index (χ0) is 14.7. The number of carbonyl (C=O) groups is 1. The van der Waals surface area contributed by atoms with E-state index in [1.165, 1.54) is 12.1 Å². The largest absolute Gasteiger partial charge is 0.292 e. The highest BCUT2D eigenvalue weighted by Gasteiger charge is 2.22. The molecule has 100 valence electrons. The summed E-state index contributed by atoms with van der Waals surface area (Å²) in [7, 11) is 0. The average molecular weight is 304 g/mol. The van der Waals surface area contributed by atoms with E-state index < -0.39 is 5.92 Å². The van der Waals surface area contributed by atoms with Crippen LogP contribution in [0.15, 0.2) is 42.5 Å². The molecule has 0 bridgehead atoms. The number of hydrogen-bond donors (Lipinski definition) is 0. The maximum absolute atomic E-state index is 12.4. The van der Waals surface area contributed by atoms with Crippen LogP contribution in [0.1, 0.15) is 27.4 Å². The Kier molecular flexibility index (Phi) is 4.44. The maximum Gasteiger partial charge on any atom is 0.184 e. The smallest absolute Gasteiger partial charge is 0.184 e. The third-order valence-corrected chi connectivity index (χ3v) is 3.39. The topological polar surface area (TPSA) is 40.9 Å². The maximum atomic E-state index is 12.4. The fourth-order valence-corrected chi connectivity index (χ4v) is 2.43. The van der Waals surface area contributed by atoms with Crippen molar-refractivity contribution in [3.63, 3.8) is 0 Å². The molecular weight excluding hydrogens is 293 g/mol. The Morgan fingerprint density at radius 3 is 2.15 bits per heavy atom. The predicted octanol–water partition coefficient (Wildman–Crippen LogP) is 4.79. The van der Waals surface area contributed by atoms with Crippen LogP contribution in [-0.4, -0.2) is 5.78 Å². The van der Waals surface area contributed by atoms with E-state index in [-0.39, 0.29) is 5.78 Å². The van der Waals surface area contributed by atoms with Crippen molar-refractivity contribution in [2.45, 2.75) is 12.8 Å². The van der Waals surface area contributed by atoms with E-state index in [1.807, 2.05) is 25.1 Å². The van der Waals surface area contributed by atoms with Crippen molar-refractivity contribution in [3.05, 3.63) is 69.2 Å². The number of Topliss-reactive ketones (excluding diaryl/α,β-unsaturated/α-hetero) is 1. The average Bonchev–Trinajstić information content (AvgIpc) is 2.40. The summed E-state index contributed by atoms with van der Waals surface area (Å²) in [5.74, 6) is -1.16. The molecule has 0 saturated carbocycles. The van der Waals surface area contributed by atoms with E-state index >= 15 is 0 Å². The van der Waals surface area contributed by atoms with Crippen LogP contribution in [0.5, 0.6) is 0 Å². The summed E-state index contributed by atoms with van der Waals surface area (Å²) in [5.41, 5.74) is 2.08. The molecule has 1 atom stereocenters. The lowest BCUT2D eigenvalue weighted by Gasteiger charge is -2.09. The fraction of sp³-hybridized carbons (Fsp3) is 0.125.